The van der Waals surface area contributed by atoms with Gasteiger partial charge in [0.1, 0.15) is 6.04 Å². The van der Waals surface area contributed by atoms with E-state index in [4.69, 9.17) is 0 Å². The van der Waals surface area contributed by atoms with E-state index in [1.807, 2.05) is 11.8 Å². The second-order valence-corrected chi connectivity index (χ2v) is 4.93. The standard InChI is InChI=1S/C15H22N2O/c1-5-9-16-13-12-10(3)7-8-11(4)14(12)17(6-2)15(13)18/h7-8,13,16H,5-6,9H2,1-4H3. The Hall–Kier alpha value is -1.35. The maximum Gasteiger partial charge on any atom is 0.248 e. The summed E-state index contributed by atoms with van der Waals surface area (Å²) in [6.45, 7) is 9.93. The molecule has 2 rings (SSSR count). The Labute approximate surface area is 109 Å². The van der Waals surface area contributed by atoms with Crippen LogP contribution in [0.2, 0.25) is 0 Å². The molecule has 1 aromatic rings. The average Bonchev–Trinajstić information content (AvgIpc) is 2.65. The van der Waals surface area contributed by atoms with Crippen LogP contribution in [0.1, 0.15) is 43.0 Å². The lowest BCUT2D eigenvalue weighted by molar-refractivity contribution is -0.119. The zero-order valence-electron chi connectivity index (χ0n) is 11.7. The lowest BCUT2D eigenvalue weighted by atomic mass is 9.99. The second kappa shape index (κ2) is 5.11. The predicted molar refractivity (Wildman–Crippen MR) is 75.0 cm³/mol. The van der Waals surface area contributed by atoms with Crippen LogP contribution in [0.25, 0.3) is 0 Å². The van der Waals surface area contributed by atoms with Gasteiger partial charge in [-0.2, -0.15) is 0 Å². The van der Waals surface area contributed by atoms with Crippen molar-refractivity contribution in [3.63, 3.8) is 0 Å². The van der Waals surface area contributed by atoms with Gasteiger partial charge in [-0.1, -0.05) is 19.1 Å². The number of carbonyl (C=O) groups is 1. The molecule has 1 amide bonds. The van der Waals surface area contributed by atoms with Gasteiger partial charge in [0.15, 0.2) is 0 Å². The Balaban J connectivity index is 2.50. The number of likely N-dealkylation sites (N-methyl/N-ethyl adjacent to an activating group) is 1. The zero-order chi connectivity index (χ0) is 13.3. The van der Waals surface area contributed by atoms with Gasteiger partial charge in [0, 0.05) is 12.1 Å². The molecule has 3 nitrogen and oxygen atoms in total. The van der Waals surface area contributed by atoms with Crippen LogP contribution >= 0.6 is 0 Å². The van der Waals surface area contributed by atoms with Crippen LogP contribution in [-0.4, -0.2) is 19.0 Å². The zero-order valence-corrected chi connectivity index (χ0v) is 11.7. The minimum absolute atomic E-state index is 0.153. The highest BCUT2D eigenvalue weighted by Crippen LogP contribution is 2.40. The molecule has 0 saturated heterocycles. The smallest absolute Gasteiger partial charge is 0.248 e. The number of amides is 1. The summed E-state index contributed by atoms with van der Waals surface area (Å²) in [5, 5.41) is 3.38. The van der Waals surface area contributed by atoms with Crippen molar-refractivity contribution in [2.75, 3.05) is 18.0 Å². The maximum atomic E-state index is 12.5. The van der Waals surface area contributed by atoms with Crippen LogP contribution in [0.4, 0.5) is 5.69 Å². The van der Waals surface area contributed by atoms with Crippen molar-refractivity contribution in [2.45, 2.75) is 40.2 Å². The van der Waals surface area contributed by atoms with E-state index in [1.54, 1.807) is 0 Å². The number of nitrogens with one attached hydrogen (secondary N) is 1. The summed E-state index contributed by atoms with van der Waals surface area (Å²) < 4.78 is 0. The summed E-state index contributed by atoms with van der Waals surface area (Å²) in [5.41, 5.74) is 4.69. The number of fused-ring (bicyclic) bond motifs is 1. The summed E-state index contributed by atoms with van der Waals surface area (Å²) in [6.07, 6.45) is 1.04. The van der Waals surface area contributed by atoms with Crippen molar-refractivity contribution in [1.82, 2.24) is 5.32 Å². The van der Waals surface area contributed by atoms with Crippen LogP contribution in [-0.2, 0) is 4.79 Å². The Morgan fingerprint density at radius 3 is 2.50 bits per heavy atom. The van der Waals surface area contributed by atoms with Gasteiger partial charge in [-0.15, -0.1) is 0 Å². The van der Waals surface area contributed by atoms with E-state index in [-0.39, 0.29) is 11.9 Å². The van der Waals surface area contributed by atoms with Crippen molar-refractivity contribution in [3.8, 4) is 0 Å². The number of rotatable bonds is 4. The Morgan fingerprint density at radius 2 is 1.89 bits per heavy atom. The summed E-state index contributed by atoms with van der Waals surface area (Å²) in [4.78, 5) is 14.4. The molecule has 0 aromatic heterocycles. The van der Waals surface area contributed by atoms with E-state index in [0.29, 0.717) is 0 Å². The van der Waals surface area contributed by atoms with Gasteiger partial charge in [0.25, 0.3) is 0 Å². The number of hydrogen-bond acceptors (Lipinski definition) is 2. The summed E-state index contributed by atoms with van der Waals surface area (Å²) >= 11 is 0. The minimum Gasteiger partial charge on any atom is -0.310 e. The van der Waals surface area contributed by atoms with E-state index in [9.17, 15) is 4.79 Å². The first kappa shape index (κ1) is 13.1. The third kappa shape index (κ3) is 1.93. The highest BCUT2D eigenvalue weighted by atomic mass is 16.2. The topological polar surface area (TPSA) is 32.3 Å². The molecular weight excluding hydrogens is 224 g/mol. The van der Waals surface area contributed by atoms with Crippen molar-refractivity contribution in [2.24, 2.45) is 0 Å². The number of aryl methyl sites for hydroxylation is 2. The molecule has 18 heavy (non-hydrogen) atoms. The van der Waals surface area contributed by atoms with E-state index in [1.165, 1.54) is 16.7 Å². The Kier molecular flexibility index (Phi) is 3.71. The molecule has 1 aliphatic rings. The summed E-state index contributed by atoms with van der Waals surface area (Å²) in [7, 11) is 0. The third-order valence-electron chi connectivity index (χ3n) is 3.62. The second-order valence-electron chi connectivity index (χ2n) is 4.93. The molecule has 0 radical (unpaired) electrons. The summed E-state index contributed by atoms with van der Waals surface area (Å²) in [5.74, 6) is 0.193. The molecule has 1 atom stereocenters. The maximum absolute atomic E-state index is 12.5. The van der Waals surface area contributed by atoms with Gasteiger partial charge in [-0.05, 0) is 44.9 Å². The average molecular weight is 246 g/mol. The van der Waals surface area contributed by atoms with Crippen molar-refractivity contribution < 1.29 is 4.79 Å². The number of hydrogen-bond donors (Lipinski definition) is 1. The van der Waals surface area contributed by atoms with E-state index < -0.39 is 0 Å². The van der Waals surface area contributed by atoms with Crippen LogP contribution in [0.3, 0.4) is 0 Å². The minimum atomic E-state index is -0.153. The molecule has 1 aliphatic heterocycles. The molecule has 0 aliphatic carbocycles. The quantitative estimate of drug-likeness (QED) is 0.886. The number of anilines is 1. The van der Waals surface area contributed by atoms with Gasteiger partial charge in [0.2, 0.25) is 5.91 Å². The van der Waals surface area contributed by atoms with Gasteiger partial charge >= 0.3 is 0 Å². The molecule has 0 fully saturated rings. The number of nitrogens with zero attached hydrogens (tertiary/aromatic N) is 1. The molecule has 98 valence electrons. The van der Waals surface area contributed by atoms with Crippen LogP contribution in [0.15, 0.2) is 12.1 Å². The SMILES string of the molecule is CCCNC1C(=O)N(CC)c2c(C)ccc(C)c21. The summed E-state index contributed by atoms with van der Waals surface area (Å²) in [6, 6.07) is 4.06. The highest BCUT2D eigenvalue weighted by Gasteiger charge is 2.37. The first-order valence-corrected chi connectivity index (χ1v) is 6.76. The first-order valence-electron chi connectivity index (χ1n) is 6.76. The van der Waals surface area contributed by atoms with Crippen LogP contribution in [0.5, 0.6) is 0 Å². The fourth-order valence-electron chi connectivity index (χ4n) is 2.72. The lowest BCUT2D eigenvalue weighted by Gasteiger charge is -2.17. The molecule has 1 aromatic carbocycles. The Morgan fingerprint density at radius 1 is 1.22 bits per heavy atom. The van der Waals surface area contributed by atoms with Crippen LogP contribution in [0, 0.1) is 13.8 Å². The van der Waals surface area contributed by atoms with E-state index in [2.05, 4.69) is 38.2 Å². The molecule has 1 unspecified atom stereocenters. The van der Waals surface area contributed by atoms with Crippen LogP contribution < -0.4 is 10.2 Å². The molecular formula is C15H22N2O. The molecule has 0 saturated carbocycles. The molecule has 1 heterocycles. The van der Waals surface area contributed by atoms with Crippen molar-refractivity contribution in [1.29, 1.82) is 0 Å². The van der Waals surface area contributed by atoms with E-state index in [0.717, 1.165) is 25.2 Å². The van der Waals surface area contributed by atoms with E-state index >= 15 is 0 Å². The lowest BCUT2D eigenvalue weighted by Crippen LogP contribution is -2.35. The van der Waals surface area contributed by atoms with Gasteiger partial charge < -0.3 is 10.2 Å². The van der Waals surface area contributed by atoms with Crippen molar-refractivity contribution >= 4 is 11.6 Å². The first-order chi connectivity index (χ1) is 8.61. The normalized spacial score (nSPS) is 18.3. The van der Waals surface area contributed by atoms with Gasteiger partial charge in [-0.3, -0.25) is 4.79 Å². The van der Waals surface area contributed by atoms with Crippen molar-refractivity contribution in [3.05, 3.63) is 28.8 Å². The highest BCUT2D eigenvalue weighted by molar-refractivity contribution is 6.05. The number of benzene rings is 1. The molecule has 1 N–H and O–H groups in total. The number of carbonyl (C=O) groups excluding carboxylic acids is 1. The largest absolute Gasteiger partial charge is 0.310 e. The fourth-order valence-corrected chi connectivity index (χ4v) is 2.72. The third-order valence-corrected chi connectivity index (χ3v) is 3.62. The fraction of sp³-hybridized carbons (Fsp3) is 0.533. The van der Waals surface area contributed by atoms with Gasteiger partial charge in [0.05, 0.1) is 5.69 Å². The molecule has 0 spiro atoms. The predicted octanol–water partition coefficient (Wildman–Crippen LogP) is 2.71. The van der Waals surface area contributed by atoms with Gasteiger partial charge in [-0.25, -0.2) is 0 Å². The molecule has 0 bridgehead atoms. The Bertz CT molecular complexity index is 468. The molecule has 3 heteroatoms. The monoisotopic (exact) mass is 246 g/mol.